The molecule has 3 heterocycles. The van der Waals surface area contributed by atoms with Crippen molar-refractivity contribution in [3.63, 3.8) is 0 Å². The van der Waals surface area contributed by atoms with Gasteiger partial charge in [0.1, 0.15) is 6.20 Å². The van der Waals surface area contributed by atoms with Gasteiger partial charge in [-0.2, -0.15) is 0 Å². The number of aromatic nitrogens is 5. The molecule has 3 rings (SSSR count). The fraction of sp³-hybridized carbons (Fsp3) is 0.222. The van der Waals surface area contributed by atoms with Crippen LogP contribution in [0.3, 0.4) is 0 Å². The zero-order valence-electron chi connectivity index (χ0n) is 11.3. The second-order valence-corrected chi connectivity index (χ2v) is 11.3. The number of rotatable bonds is 8. The highest BCUT2D eigenvalue weighted by molar-refractivity contribution is 8.05. The molecule has 0 atom stereocenters. The molecule has 3 aromatic heterocycles. The molecule has 0 N–H and O–H groups in total. The Balaban J connectivity index is 1.60. The monoisotopic (exact) mass is 456 g/mol. The summed E-state index contributed by atoms with van der Waals surface area (Å²) >= 11 is 13.7. The molecule has 0 saturated carbocycles. The second-order valence-electron chi connectivity index (χ2n) is 3.63. The molecule has 0 saturated heterocycles. The lowest BCUT2D eigenvalue weighted by Crippen LogP contribution is -1.80. The maximum absolute atomic E-state index is 10.7. The van der Waals surface area contributed by atoms with Gasteiger partial charge in [0.15, 0.2) is 21.7 Å². The molecule has 0 aliphatic heterocycles. The molecule has 0 aromatic carbocycles. The van der Waals surface area contributed by atoms with Crippen LogP contribution in [0.4, 0.5) is 5.00 Å². The average molecular weight is 457 g/mol. The van der Waals surface area contributed by atoms with Crippen LogP contribution in [-0.4, -0.2) is 41.9 Å². The summed E-state index contributed by atoms with van der Waals surface area (Å²) in [6, 6.07) is 0. The van der Waals surface area contributed by atoms with E-state index in [4.69, 9.17) is 11.6 Å². The molecule has 0 unspecified atom stereocenters. The normalized spacial score (nSPS) is 11.0. The van der Waals surface area contributed by atoms with Crippen molar-refractivity contribution in [3.8, 4) is 0 Å². The largest absolute Gasteiger partial charge is 0.344 e. The van der Waals surface area contributed by atoms with Crippen molar-refractivity contribution in [2.24, 2.45) is 0 Å². The van der Waals surface area contributed by atoms with Crippen LogP contribution < -0.4 is 0 Å². The number of nitrogens with zero attached hydrogens (tertiary/aromatic N) is 6. The fourth-order valence-electron chi connectivity index (χ4n) is 1.23. The number of thiazole rings is 1. The predicted octanol–water partition coefficient (Wildman–Crippen LogP) is 4.39. The van der Waals surface area contributed by atoms with Gasteiger partial charge < -0.3 is 0 Å². The van der Waals surface area contributed by atoms with Crippen molar-refractivity contribution in [2.45, 2.75) is 21.7 Å². The van der Waals surface area contributed by atoms with Crippen molar-refractivity contribution in [3.05, 3.63) is 16.3 Å². The summed E-state index contributed by atoms with van der Waals surface area (Å²) in [5, 5.41) is 27.0. The smallest absolute Gasteiger partial charge is 0.257 e. The third-order valence-corrected chi connectivity index (χ3v) is 8.65. The number of thioether (sulfide) groups is 1. The van der Waals surface area contributed by atoms with Crippen molar-refractivity contribution in [1.29, 1.82) is 0 Å². The van der Waals surface area contributed by atoms with Crippen LogP contribution in [0.15, 0.2) is 27.9 Å². The van der Waals surface area contributed by atoms with E-state index >= 15 is 0 Å². The van der Waals surface area contributed by atoms with Crippen LogP contribution in [0.1, 0.15) is 0 Å². The highest BCUT2D eigenvalue weighted by Gasteiger charge is 2.16. The van der Waals surface area contributed by atoms with Crippen molar-refractivity contribution >= 4 is 85.9 Å². The van der Waals surface area contributed by atoms with Gasteiger partial charge in [-0.3, -0.25) is 10.1 Å². The van der Waals surface area contributed by atoms with Gasteiger partial charge >= 0.3 is 5.00 Å². The number of hydrogen-bond donors (Lipinski definition) is 0. The van der Waals surface area contributed by atoms with E-state index in [0.29, 0.717) is 14.6 Å². The molecule has 0 radical (unpaired) electrons. The molecule has 15 heteroatoms. The highest BCUT2D eigenvalue weighted by Crippen LogP contribution is 2.40. The molecule has 3 aromatic rings. The Morgan fingerprint density at radius 3 is 2.17 bits per heavy atom. The minimum atomic E-state index is -0.460. The van der Waals surface area contributed by atoms with Gasteiger partial charge in [0.05, 0.1) is 4.92 Å². The Morgan fingerprint density at radius 2 is 1.58 bits per heavy atom. The number of hydrogen-bond acceptors (Lipinski definition) is 13. The van der Waals surface area contributed by atoms with E-state index in [1.165, 1.54) is 52.4 Å². The van der Waals surface area contributed by atoms with Crippen LogP contribution in [0.5, 0.6) is 0 Å². The van der Waals surface area contributed by atoms with Gasteiger partial charge in [-0.15, -0.1) is 32.0 Å². The van der Waals surface area contributed by atoms with Crippen LogP contribution in [0.25, 0.3) is 0 Å². The molecule has 0 spiro atoms. The second kappa shape index (κ2) is 8.73. The standard InChI is InChI=1S/C9H5ClN6O2S6/c10-1-2-19-6-12-13-8(22-6)24-9-15-14-7(23-9)21-5-11-3-4(20-5)16(17)18/h3H,1-2H2. The SMILES string of the molecule is O=[N+]([O-])c1cnc(Sc2nnc(Sc3nnc(SCCCl)s3)s2)s1. The van der Waals surface area contributed by atoms with Crippen LogP contribution >= 0.6 is 80.9 Å². The summed E-state index contributed by atoms with van der Waals surface area (Å²) in [6.07, 6.45) is 1.24. The molecule has 0 amide bonds. The first-order valence-corrected chi connectivity index (χ1v) is 11.6. The first-order chi connectivity index (χ1) is 11.6. The molecule has 0 aliphatic rings. The van der Waals surface area contributed by atoms with Gasteiger partial charge in [0, 0.05) is 11.6 Å². The minimum absolute atomic E-state index is 0.00690. The van der Waals surface area contributed by atoms with Gasteiger partial charge in [0.25, 0.3) is 0 Å². The number of alkyl halides is 1. The number of nitro groups is 1. The first kappa shape index (κ1) is 18.3. The predicted molar refractivity (Wildman–Crippen MR) is 98.3 cm³/mol. The Bertz CT molecular complexity index is 836. The summed E-state index contributed by atoms with van der Waals surface area (Å²) in [6.45, 7) is 0. The molecule has 0 aliphatic carbocycles. The van der Waals surface area contributed by atoms with E-state index < -0.39 is 4.92 Å². The van der Waals surface area contributed by atoms with Crippen molar-refractivity contribution in [1.82, 2.24) is 25.4 Å². The fourth-order valence-corrected chi connectivity index (χ4v) is 7.49. The lowest BCUT2D eigenvalue weighted by molar-refractivity contribution is -0.380. The summed E-state index contributed by atoms with van der Waals surface area (Å²) in [5.41, 5.74) is 0. The first-order valence-electron chi connectivity index (χ1n) is 5.95. The topological polar surface area (TPSA) is 108 Å². The summed E-state index contributed by atoms with van der Waals surface area (Å²) in [5.74, 6) is 1.36. The van der Waals surface area contributed by atoms with Crippen LogP contribution in [0.2, 0.25) is 0 Å². The zero-order chi connectivity index (χ0) is 16.9. The Kier molecular flexibility index (Phi) is 6.65. The van der Waals surface area contributed by atoms with E-state index in [1.807, 2.05) is 0 Å². The van der Waals surface area contributed by atoms with E-state index in [9.17, 15) is 10.1 Å². The quantitative estimate of drug-likeness (QED) is 0.209. The summed E-state index contributed by atoms with van der Waals surface area (Å²) in [4.78, 5) is 14.2. The molecule has 126 valence electrons. The maximum Gasteiger partial charge on any atom is 0.344 e. The minimum Gasteiger partial charge on any atom is -0.257 e. The van der Waals surface area contributed by atoms with Gasteiger partial charge in [-0.1, -0.05) is 34.4 Å². The Hall–Kier alpha value is -0.510. The molecule has 0 fully saturated rings. The maximum atomic E-state index is 10.7. The zero-order valence-corrected chi connectivity index (χ0v) is 17.0. The molecule has 0 bridgehead atoms. The highest BCUT2D eigenvalue weighted by atomic mass is 35.5. The molecular weight excluding hydrogens is 452 g/mol. The molecule has 24 heavy (non-hydrogen) atoms. The van der Waals surface area contributed by atoms with Crippen LogP contribution in [0, 0.1) is 10.1 Å². The summed E-state index contributed by atoms with van der Waals surface area (Å²) in [7, 11) is 0. The van der Waals surface area contributed by atoms with Crippen molar-refractivity contribution in [2.75, 3.05) is 11.6 Å². The van der Waals surface area contributed by atoms with E-state index in [0.717, 1.165) is 30.1 Å². The third kappa shape index (κ3) is 5.00. The van der Waals surface area contributed by atoms with E-state index in [-0.39, 0.29) is 5.00 Å². The Morgan fingerprint density at radius 1 is 1.00 bits per heavy atom. The lowest BCUT2D eigenvalue weighted by atomic mass is 10.9. The third-order valence-electron chi connectivity index (χ3n) is 2.08. The van der Waals surface area contributed by atoms with E-state index in [1.54, 1.807) is 11.8 Å². The van der Waals surface area contributed by atoms with Crippen molar-refractivity contribution < 1.29 is 4.92 Å². The summed E-state index contributed by atoms with van der Waals surface area (Å²) < 4.78 is 3.61. The number of halogens is 1. The van der Waals surface area contributed by atoms with Crippen LogP contribution in [-0.2, 0) is 0 Å². The lowest BCUT2D eigenvalue weighted by Gasteiger charge is -1.88. The van der Waals surface area contributed by atoms with Gasteiger partial charge in [0.2, 0.25) is 0 Å². The van der Waals surface area contributed by atoms with Gasteiger partial charge in [-0.25, -0.2) is 4.98 Å². The molecular formula is C9H5ClN6O2S6. The van der Waals surface area contributed by atoms with E-state index in [2.05, 4.69) is 25.4 Å². The van der Waals surface area contributed by atoms with Gasteiger partial charge in [-0.05, 0) is 34.9 Å². The average Bonchev–Trinajstić information content (AvgIpc) is 3.28. The Labute approximate surface area is 165 Å². The molecule has 8 nitrogen and oxygen atoms in total.